The molecule has 1 aliphatic heterocycles. The molecule has 6 nitrogen and oxygen atoms in total. The predicted octanol–water partition coefficient (Wildman–Crippen LogP) is 2.68. The molecule has 1 amide bonds. The van der Waals surface area contributed by atoms with Crippen molar-refractivity contribution in [2.24, 2.45) is 0 Å². The van der Waals surface area contributed by atoms with Crippen LogP contribution in [0, 0.1) is 0 Å². The fourth-order valence-corrected chi connectivity index (χ4v) is 4.62. The molecule has 138 valence electrons. The van der Waals surface area contributed by atoms with Crippen LogP contribution in [-0.4, -0.2) is 51.2 Å². The zero-order valence-corrected chi connectivity index (χ0v) is 16.0. The number of benzene rings is 2. The Labute approximate surface area is 157 Å². The molecular formula is C18H20N2O4S2. The van der Waals surface area contributed by atoms with Gasteiger partial charge in [0.15, 0.2) is 0 Å². The van der Waals surface area contributed by atoms with Gasteiger partial charge in [0.2, 0.25) is 10.0 Å². The monoisotopic (exact) mass is 392 g/mol. The van der Waals surface area contributed by atoms with Gasteiger partial charge in [0.1, 0.15) is 0 Å². The Morgan fingerprint density at radius 1 is 1.08 bits per heavy atom. The van der Waals surface area contributed by atoms with Crippen LogP contribution in [0.1, 0.15) is 10.4 Å². The number of anilines is 1. The summed E-state index contributed by atoms with van der Waals surface area (Å²) in [6.07, 6.45) is 1.94. The van der Waals surface area contributed by atoms with Gasteiger partial charge < -0.3 is 10.1 Å². The number of ether oxygens (including phenoxy) is 1. The number of amides is 1. The number of rotatable bonds is 5. The minimum Gasteiger partial charge on any atom is -0.379 e. The fraction of sp³-hybridized carbons (Fsp3) is 0.278. The molecule has 0 atom stereocenters. The maximum absolute atomic E-state index is 12.6. The molecular weight excluding hydrogens is 372 g/mol. The Morgan fingerprint density at radius 3 is 2.38 bits per heavy atom. The van der Waals surface area contributed by atoms with Crippen molar-refractivity contribution >= 4 is 33.4 Å². The molecule has 0 saturated carbocycles. The standard InChI is InChI=1S/C18H20N2O4S2/c1-25-17-5-3-2-4-16(17)19-18(21)14-6-8-15(9-7-14)26(22,23)20-10-12-24-13-11-20/h2-9H,10-13H2,1H3,(H,19,21). The third-order valence-corrected chi connectivity index (χ3v) is 6.79. The van der Waals surface area contributed by atoms with Crippen LogP contribution in [0.5, 0.6) is 0 Å². The minimum absolute atomic E-state index is 0.181. The summed E-state index contributed by atoms with van der Waals surface area (Å²) in [6, 6.07) is 13.5. The summed E-state index contributed by atoms with van der Waals surface area (Å²) in [5, 5.41) is 2.86. The first-order valence-electron chi connectivity index (χ1n) is 8.15. The molecule has 1 N–H and O–H groups in total. The lowest BCUT2D eigenvalue weighted by Gasteiger charge is -2.26. The van der Waals surface area contributed by atoms with E-state index in [0.717, 1.165) is 10.6 Å². The number of hydrogen-bond donors (Lipinski definition) is 1. The zero-order valence-electron chi connectivity index (χ0n) is 14.3. The summed E-state index contributed by atoms with van der Waals surface area (Å²) in [6.45, 7) is 1.48. The van der Waals surface area contributed by atoms with E-state index >= 15 is 0 Å². The number of morpholine rings is 1. The number of carbonyl (C=O) groups is 1. The molecule has 1 fully saturated rings. The minimum atomic E-state index is -3.56. The topological polar surface area (TPSA) is 75.7 Å². The molecule has 0 radical (unpaired) electrons. The van der Waals surface area contributed by atoms with Crippen LogP contribution in [0.15, 0.2) is 58.3 Å². The SMILES string of the molecule is CSc1ccccc1NC(=O)c1ccc(S(=O)(=O)N2CCOCC2)cc1. The van der Waals surface area contributed by atoms with E-state index in [2.05, 4.69) is 5.32 Å². The first-order chi connectivity index (χ1) is 12.5. The van der Waals surface area contributed by atoms with E-state index in [4.69, 9.17) is 4.74 Å². The maximum atomic E-state index is 12.6. The highest BCUT2D eigenvalue weighted by atomic mass is 32.2. The maximum Gasteiger partial charge on any atom is 0.255 e. The molecule has 1 saturated heterocycles. The predicted molar refractivity (Wildman–Crippen MR) is 102 cm³/mol. The lowest BCUT2D eigenvalue weighted by atomic mass is 10.2. The summed E-state index contributed by atoms with van der Waals surface area (Å²) in [5.74, 6) is -0.276. The zero-order chi connectivity index (χ0) is 18.6. The van der Waals surface area contributed by atoms with E-state index < -0.39 is 10.0 Å². The number of nitrogens with one attached hydrogen (secondary N) is 1. The quantitative estimate of drug-likeness (QED) is 0.792. The molecule has 8 heteroatoms. The van der Waals surface area contributed by atoms with Crippen molar-refractivity contribution in [2.45, 2.75) is 9.79 Å². The van der Waals surface area contributed by atoms with Crippen molar-refractivity contribution in [3.63, 3.8) is 0 Å². The van der Waals surface area contributed by atoms with Gasteiger partial charge in [-0.3, -0.25) is 4.79 Å². The second kappa shape index (κ2) is 8.22. The van der Waals surface area contributed by atoms with Crippen LogP contribution in [0.4, 0.5) is 5.69 Å². The van der Waals surface area contributed by atoms with Crippen molar-refractivity contribution in [2.75, 3.05) is 37.9 Å². The number of carbonyl (C=O) groups excluding carboxylic acids is 1. The first kappa shape index (κ1) is 18.9. The Bertz CT molecular complexity index is 876. The van der Waals surface area contributed by atoms with Crippen molar-refractivity contribution in [1.82, 2.24) is 4.31 Å². The summed E-state index contributed by atoms with van der Waals surface area (Å²) in [4.78, 5) is 13.6. The lowest BCUT2D eigenvalue weighted by molar-refractivity contribution is 0.0730. The van der Waals surface area contributed by atoms with E-state index in [-0.39, 0.29) is 10.8 Å². The fourth-order valence-electron chi connectivity index (χ4n) is 2.66. The van der Waals surface area contributed by atoms with E-state index in [1.54, 1.807) is 11.8 Å². The third-order valence-electron chi connectivity index (χ3n) is 4.08. The number of nitrogens with zero attached hydrogens (tertiary/aromatic N) is 1. The van der Waals surface area contributed by atoms with Crippen LogP contribution >= 0.6 is 11.8 Å². The highest BCUT2D eigenvalue weighted by molar-refractivity contribution is 7.98. The Hall–Kier alpha value is -1.87. The Kier molecular flexibility index (Phi) is 5.98. The number of hydrogen-bond acceptors (Lipinski definition) is 5. The molecule has 0 bridgehead atoms. The highest BCUT2D eigenvalue weighted by Crippen LogP contribution is 2.25. The van der Waals surface area contributed by atoms with Gasteiger partial charge in [-0.05, 0) is 42.7 Å². The molecule has 0 aromatic heterocycles. The average Bonchev–Trinajstić information content (AvgIpc) is 2.69. The Morgan fingerprint density at radius 2 is 1.73 bits per heavy atom. The normalized spacial score (nSPS) is 15.6. The van der Waals surface area contributed by atoms with E-state index in [1.807, 2.05) is 30.5 Å². The van der Waals surface area contributed by atoms with E-state index in [9.17, 15) is 13.2 Å². The summed E-state index contributed by atoms with van der Waals surface area (Å²) in [5.41, 5.74) is 1.14. The van der Waals surface area contributed by atoms with Gasteiger partial charge in [0.05, 0.1) is 23.8 Å². The molecule has 0 aliphatic carbocycles. The number of thioether (sulfide) groups is 1. The smallest absolute Gasteiger partial charge is 0.255 e. The van der Waals surface area contributed by atoms with Gasteiger partial charge in [-0.1, -0.05) is 12.1 Å². The van der Waals surface area contributed by atoms with Gasteiger partial charge in [-0.2, -0.15) is 4.31 Å². The lowest BCUT2D eigenvalue weighted by Crippen LogP contribution is -2.40. The van der Waals surface area contributed by atoms with Gasteiger partial charge in [-0.25, -0.2) is 8.42 Å². The molecule has 2 aromatic carbocycles. The highest BCUT2D eigenvalue weighted by Gasteiger charge is 2.26. The number of sulfonamides is 1. The van der Waals surface area contributed by atoms with Gasteiger partial charge in [0.25, 0.3) is 5.91 Å². The molecule has 1 heterocycles. The van der Waals surface area contributed by atoms with Gasteiger partial charge >= 0.3 is 0 Å². The van der Waals surface area contributed by atoms with Crippen LogP contribution < -0.4 is 5.32 Å². The van der Waals surface area contributed by atoms with Crippen LogP contribution in [0.2, 0.25) is 0 Å². The third kappa shape index (κ3) is 4.09. The average molecular weight is 393 g/mol. The molecule has 26 heavy (non-hydrogen) atoms. The first-order valence-corrected chi connectivity index (χ1v) is 10.8. The summed E-state index contributed by atoms with van der Waals surface area (Å²) < 4.78 is 31.8. The van der Waals surface area contributed by atoms with Crippen LogP contribution in [-0.2, 0) is 14.8 Å². The second-order valence-corrected chi connectivity index (χ2v) is 8.48. The largest absolute Gasteiger partial charge is 0.379 e. The molecule has 1 aliphatic rings. The van der Waals surface area contributed by atoms with Gasteiger partial charge in [0, 0.05) is 23.5 Å². The molecule has 0 spiro atoms. The molecule has 3 rings (SSSR count). The second-order valence-electron chi connectivity index (χ2n) is 5.70. The number of para-hydroxylation sites is 1. The van der Waals surface area contributed by atoms with Gasteiger partial charge in [-0.15, -0.1) is 11.8 Å². The summed E-state index contributed by atoms with van der Waals surface area (Å²) >= 11 is 1.54. The Balaban J connectivity index is 1.75. The molecule has 0 unspecified atom stereocenters. The van der Waals surface area contributed by atoms with E-state index in [0.29, 0.717) is 31.9 Å². The van der Waals surface area contributed by atoms with E-state index in [1.165, 1.54) is 28.6 Å². The van der Waals surface area contributed by atoms with Crippen molar-refractivity contribution < 1.29 is 17.9 Å². The molecule has 2 aromatic rings. The van der Waals surface area contributed by atoms with Crippen LogP contribution in [0.3, 0.4) is 0 Å². The van der Waals surface area contributed by atoms with Crippen molar-refractivity contribution in [3.8, 4) is 0 Å². The van der Waals surface area contributed by atoms with Crippen molar-refractivity contribution in [1.29, 1.82) is 0 Å². The summed E-state index contributed by atoms with van der Waals surface area (Å²) in [7, 11) is -3.56. The van der Waals surface area contributed by atoms with Crippen molar-refractivity contribution in [3.05, 3.63) is 54.1 Å². The van der Waals surface area contributed by atoms with Crippen LogP contribution in [0.25, 0.3) is 0 Å².